The van der Waals surface area contributed by atoms with Gasteiger partial charge in [0.15, 0.2) is 5.76 Å². The van der Waals surface area contributed by atoms with E-state index in [1.165, 1.54) is 30.5 Å². The molecule has 2 aromatic heterocycles. The van der Waals surface area contributed by atoms with Crippen molar-refractivity contribution < 1.29 is 32.0 Å². The number of carbonyl (C=O) groups is 1. The van der Waals surface area contributed by atoms with E-state index in [0.29, 0.717) is 0 Å². The van der Waals surface area contributed by atoms with Gasteiger partial charge < -0.3 is 14.5 Å². The number of hydrogen-bond acceptors (Lipinski definition) is 9. The fraction of sp³-hybridized carbons (Fsp3) is 0.0625. The Morgan fingerprint density at radius 1 is 1.13 bits per heavy atom. The number of furan rings is 1. The normalized spacial score (nSPS) is 10.9. The Hall–Kier alpha value is -4.36. The van der Waals surface area contributed by atoms with Crippen LogP contribution in [0, 0.1) is 10.1 Å². The highest BCUT2D eigenvalue weighted by Gasteiger charge is 2.31. The van der Waals surface area contributed by atoms with Gasteiger partial charge in [-0.15, -0.1) is 13.2 Å². The highest BCUT2D eigenvalue weighted by atomic mass is 19.4. The van der Waals surface area contributed by atoms with E-state index in [-0.39, 0.29) is 23.1 Å². The van der Waals surface area contributed by atoms with E-state index in [4.69, 9.17) is 4.42 Å². The minimum atomic E-state index is -4.85. The first-order chi connectivity index (χ1) is 14.2. The van der Waals surface area contributed by atoms with Crippen molar-refractivity contribution in [1.29, 1.82) is 0 Å². The number of nitrogens with zero attached hydrogens (tertiary/aromatic N) is 3. The minimum absolute atomic E-state index is 0.0428. The molecule has 0 unspecified atom stereocenters. The average Bonchev–Trinajstić information content (AvgIpc) is 3.21. The molecule has 14 heteroatoms. The second-order valence-corrected chi connectivity index (χ2v) is 5.43. The van der Waals surface area contributed by atoms with Gasteiger partial charge in [0.05, 0.1) is 11.2 Å². The van der Waals surface area contributed by atoms with Crippen molar-refractivity contribution in [1.82, 2.24) is 15.4 Å². The molecule has 3 rings (SSSR count). The van der Waals surface area contributed by atoms with Gasteiger partial charge in [0, 0.05) is 5.69 Å². The van der Waals surface area contributed by atoms with Crippen LogP contribution in [0.4, 0.5) is 36.2 Å². The van der Waals surface area contributed by atoms with Crippen LogP contribution in [0.15, 0.2) is 53.4 Å². The van der Waals surface area contributed by atoms with Gasteiger partial charge in [-0.2, -0.15) is 0 Å². The lowest BCUT2D eigenvalue weighted by molar-refractivity contribution is -0.383. The summed E-state index contributed by atoms with van der Waals surface area (Å²) in [6.45, 7) is 0. The number of halogens is 3. The van der Waals surface area contributed by atoms with Gasteiger partial charge in [0.1, 0.15) is 12.1 Å². The number of nitrogens with one attached hydrogen (secondary N) is 3. The van der Waals surface area contributed by atoms with E-state index >= 15 is 0 Å². The number of hydrazine groups is 1. The van der Waals surface area contributed by atoms with Crippen LogP contribution in [0.1, 0.15) is 10.6 Å². The van der Waals surface area contributed by atoms with Crippen LogP contribution in [0.5, 0.6) is 5.75 Å². The average molecular weight is 424 g/mol. The quantitative estimate of drug-likeness (QED) is 0.384. The topological polar surface area (TPSA) is 144 Å². The van der Waals surface area contributed by atoms with Crippen LogP contribution in [0.25, 0.3) is 0 Å². The van der Waals surface area contributed by atoms with Crippen molar-refractivity contribution in [2.45, 2.75) is 6.36 Å². The fourth-order valence-corrected chi connectivity index (χ4v) is 2.20. The molecule has 1 amide bonds. The number of carbonyl (C=O) groups excluding carboxylic acids is 1. The summed E-state index contributed by atoms with van der Waals surface area (Å²) >= 11 is 0. The van der Waals surface area contributed by atoms with E-state index in [1.54, 1.807) is 0 Å². The summed E-state index contributed by atoms with van der Waals surface area (Å²) in [5, 5.41) is 14.1. The standard InChI is InChI=1S/C16H11F3N6O5/c17-16(18,19)30-10-5-3-9(4-6-10)22-13-12(25(27)28)14(21-8-20-13)23-24-15(26)11-2-1-7-29-11/h1-8H,(H,24,26)(H2,20,21,22,23). The van der Waals surface area contributed by atoms with Crippen LogP contribution >= 0.6 is 0 Å². The summed E-state index contributed by atoms with van der Waals surface area (Å²) < 4.78 is 45.3. The predicted molar refractivity (Wildman–Crippen MR) is 94.9 cm³/mol. The Labute approximate surface area is 165 Å². The summed E-state index contributed by atoms with van der Waals surface area (Å²) in [6, 6.07) is 7.31. The van der Waals surface area contributed by atoms with Gasteiger partial charge >= 0.3 is 18.0 Å². The second-order valence-electron chi connectivity index (χ2n) is 5.43. The smallest absolute Gasteiger partial charge is 0.459 e. The van der Waals surface area contributed by atoms with Crippen LogP contribution < -0.4 is 20.9 Å². The number of nitro groups is 1. The monoisotopic (exact) mass is 424 g/mol. The minimum Gasteiger partial charge on any atom is -0.459 e. The molecule has 3 aromatic rings. The van der Waals surface area contributed by atoms with E-state index in [0.717, 1.165) is 18.5 Å². The van der Waals surface area contributed by atoms with Gasteiger partial charge in [-0.1, -0.05) is 0 Å². The number of rotatable bonds is 7. The van der Waals surface area contributed by atoms with E-state index < -0.39 is 28.6 Å². The van der Waals surface area contributed by atoms with Crippen molar-refractivity contribution in [2.75, 3.05) is 10.7 Å². The maximum Gasteiger partial charge on any atom is 0.573 e. The highest BCUT2D eigenvalue weighted by Crippen LogP contribution is 2.31. The van der Waals surface area contributed by atoms with Crippen molar-refractivity contribution in [2.24, 2.45) is 0 Å². The molecule has 2 heterocycles. The first-order valence-electron chi connectivity index (χ1n) is 7.95. The number of alkyl halides is 3. The molecule has 0 aliphatic carbocycles. The maximum atomic E-state index is 12.2. The third-order valence-corrected chi connectivity index (χ3v) is 3.39. The Morgan fingerprint density at radius 3 is 2.43 bits per heavy atom. The number of anilines is 3. The van der Waals surface area contributed by atoms with Crippen molar-refractivity contribution in [3.05, 3.63) is 64.9 Å². The molecular formula is C16H11F3N6O5. The fourth-order valence-electron chi connectivity index (χ4n) is 2.20. The molecule has 156 valence electrons. The Morgan fingerprint density at radius 2 is 1.83 bits per heavy atom. The molecule has 0 saturated carbocycles. The summed E-state index contributed by atoms with van der Waals surface area (Å²) in [5.41, 5.74) is 4.07. The van der Waals surface area contributed by atoms with Crippen molar-refractivity contribution >= 4 is 28.9 Å². The molecule has 1 aromatic carbocycles. The lowest BCUT2D eigenvalue weighted by atomic mass is 10.3. The maximum absolute atomic E-state index is 12.2. The zero-order chi connectivity index (χ0) is 21.7. The molecule has 0 aliphatic rings. The summed E-state index contributed by atoms with van der Waals surface area (Å²) in [4.78, 5) is 30.0. The van der Waals surface area contributed by atoms with E-state index in [1.807, 2.05) is 0 Å². The van der Waals surface area contributed by atoms with Gasteiger partial charge in [0.2, 0.25) is 11.6 Å². The molecular weight excluding hydrogens is 413 g/mol. The van der Waals surface area contributed by atoms with E-state index in [2.05, 4.69) is 30.9 Å². The lowest BCUT2D eigenvalue weighted by Crippen LogP contribution is -2.30. The summed E-state index contributed by atoms with van der Waals surface area (Å²) in [5.74, 6) is -1.82. The Bertz CT molecular complexity index is 1040. The number of aromatic nitrogens is 2. The van der Waals surface area contributed by atoms with Gasteiger partial charge in [-0.3, -0.25) is 25.8 Å². The van der Waals surface area contributed by atoms with Gasteiger partial charge in [-0.25, -0.2) is 9.97 Å². The number of ether oxygens (including phenoxy) is 1. The molecule has 0 radical (unpaired) electrons. The lowest BCUT2D eigenvalue weighted by Gasteiger charge is -2.11. The Balaban J connectivity index is 1.77. The zero-order valence-corrected chi connectivity index (χ0v) is 14.6. The van der Waals surface area contributed by atoms with Crippen LogP contribution in [0.3, 0.4) is 0 Å². The van der Waals surface area contributed by atoms with Gasteiger partial charge in [-0.05, 0) is 36.4 Å². The van der Waals surface area contributed by atoms with Crippen molar-refractivity contribution in [3.63, 3.8) is 0 Å². The number of hydrogen-bond donors (Lipinski definition) is 3. The molecule has 0 spiro atoms. The molecule has 3 N–H and O–H groups in total. The molecule has 0 aliphatic heterocycles. The summed E-state index contributed by atoms with van der Waals surface area (Å²) in [7, 11) is 0. The van der Waals surface area contributed by atoms with E-state index in [9.17, 15) is 28.1 Å². The zero-order valence-electron chi connectivity index (χ0n) is 14.6. The highest BCUT2D eigenvalue weighted by molar-refractivity contribution is 5.92. The molecule has 11 nitrogen and oxygen atoms in total. The molecule has 30 heavy (non-hydrogen) atoms. The largest absolute Gasteiger partial charge is 0.573 e. The van der Waals surface area contributed by atoms with Gasteiger partial charge in [0.25, 0.3) is 0 Å². The molecule has 0 fully saturated rings. The first-order valence-corrected chi connectivity index (χ1v) is 7.95. The summed E-state index contributed by atoms with van der Waals surface area (Å²) in [6.07, 6.45) is -2.59. The number of amides is 1. The van der Waals surface area contributed by atoms with Crippen LogP contribution in [0.2, 0.25) is 0 Å². The first kappa shape index (κ1) is 20.4. The number of benzene rings is 1. The Kier molecular flexibility index (Phi) is 5.66. The van der Waals surface area contributed by atoms with Crippen molar-refractivity contribution in [3.8, 4) is 5.75 Å². The third kappa shape index (κ3) is 5.12. The van der Waals surface area contributed by atoms with Crippen LogP contribution in [-0.2, 0) is 0 Å². The second kappa shape index (κ2) is 8.34. The predicted octanol–water partition coefficient (Wildman–Crippen LogP) is 3.38. The third-order valence-electron chi connectivity index (χ3n) is 3.39. The molecule has 0 saturated heterocycles. The molecule has 0 bridgehead atoms. The molecule has 0 atom stereocenters. The van der Waals surface area contributed by atoms with Crippen LogP contribution in [-0.4, -0.2) is 27.2 Å². The SMILES string of the molecule is O=C(NNc1ncnc(Nc2ccc(OC(F)(F)F)cc2)c1[N+](=O)[O-])c1ccco1.